The molecule has 1 aromatic rings. The molecular weight excluding hydrogens is 312 g/mol. The molecule has 1 atom stereocenters. The fourth-order valence-electron chi connectivity index (χ4n) is 2.48. The first-order valence-corrected chi connectivity index (χ1v) is 7.46. The Kier molecular flexibility index (Phi) is 5.93. The van der Waals surface area contributed by atoms with Gasteiger partial charge in [-0.3, -0.25) is 0 Å². The van der Waals surface area contributed by atoms with Gasteiger partial charge in [0, 0.05) is 11.6 Å². The van der Waals surface area contributed by atoms with Gasteiger partial charge in [0.05, 0.1) is 4.47 Å². The molecule has 1 rings (SSSR count). The molecule has 0 fully saturated rings. The second-order valence-electron chi connectivity index (χ2n) is 5.66. The fraction of sp³-hybridized carbons (Fsp3) is 0.600. The summed E-state index contributed by atoms with van der Waals surface area (Å²) in [6, 6.07) is 2.94. The minimum absolute atomic E-state index is 0.159. The second-order valence-corrected chi connectivity index (χ2v) is 6.52. The molecule has 0 aliphatic rings. The van der Waals surface area contributed by atoms with Crippen molar-refractivity contribution < 1.29 is 8.78 Å². The van der Waals surface area contributed by atoms with Crippen molar-refractivity contribution in [2.45, 2.75) is 52.0 Å². The highest BCUT2D eigenvalue weighted by Gasteiger charge is 2.30. The first-order valence-electron chi connectivity index (χ1n) is 6.67. The van der Waals surface area contributed by atoms with Crippen LogP contribution in [0.1, 0.15) is 46.1 Å². The Morgan fingerprint density at radius 2 is 1.95 bits per heavy atom. The van der Waals surface area contributed by atoms with Gasteiger partial charge < -0.3 is 5.32 Å². The molecule has 1 N–H and O–H groups in total. The topological polar surface area (TPSA) is 12.0 Å². The van der Waals surface area contributed by atoms with Gasteiger partial charge in [-0.2, -0.15) is 0 Å². The summed E-state index contributed by atoms with van der Waals surface area (Å²) in [5.41, 5.74) is -0.398. The quantitative estimate of drug-likeness (QED) is 0.738. The van der Waals surface area contributed by atoms with Crippen LogP contribution in [0.3, 0.4) is 0 Å². The van der Waals surface area contributed by atoms with E-state index in [-0.39, 0.29) is 11.6 Å². The highest BCUT2D eigenvalue weighted by Crippen LogP contribution is 2.35. The van der Waals surface area contributed by atoms with Gasteiger partial charge in [0.2, 0.25) is 0 Å². The maximum atomic E-state index is 14.2. The van der Waals surface area contributed by atoms with Crippen molar-refractivity contribution in [2.75, 3.05) is 6.54 Å². The molecule has 1 aromatic carbocycles. The molecule has 0 saturated carbocycles. The van der Waals surface area contributed by atoms with Crippen molar-refractivity contribution >= 4 is 15.9 Å². The Bertz CT molecular complexity index is 432. The monoisotopic (exact) mass is 333 g/mol. The van der Waals surface area contributed by atoms with Crippen LogP contribution in [0.15, 0.2) is 16.6 Å². The highest BCUT2D eigenvalue weighted by atomic mass is 79.9. The molecule has 0 amide bonds. The van der Waals surface area contributed by atoms with Gasteiger partial charge in [-0.1, -0.05) is 20.8 Å². The molecule has 0 spiro atoms. The maximum absolute atomic E-state index is 14.2. The van der Waals surface area contributed by atoms with Gasteiger partial charge in [-0.25, -0.2) is 8.78 Å². The average Bonchev–Trinajstić information content (AvgIpc) is 2.31. The van der Waals surface area contributed by atoms with Crippen molar-refractivity contribution in [2.24, 2.45) is 0 Å². The molecule has 4 heteroatoms. The molecule has 0 heterocycles. The third kappa shape index (κ3) is 4.25. The third-order valence-electron chi connectivity index (χ3n) is 3.28. The van der Waals surface area contributed by atoms with Crippen LogP contribution < -0.4 is 5.32 Å². The zero-order valence-corrected chi connectivity index (χ0v) is 13.6. The predicted molar refractivity (Wildman–Crippen MR) is 79.5 cm³/mol. The lowest BCUT2D eigenvalue weighted by molar-refractivity contribution is 0.362. The van der Waals surface area contributed by atoms with Gasteiger partial charge in [0.25, 0.3) is 0 Å². The van der Waals surface area contributed by atoms with Crippen LogP contribution in [-0.2, 0) is 5.41 Å². The van der Waals surface area contributed by atoms with Gasteiger partial charge in [-0.05, 0) is 59.8 Å². The minimum atomic E-state index is -0.557. The number of rotatable bonds is 6. The Balaban J connectivity index is 2.97. The van der Waals surface area contributed by atoms with E-state index in [0.29, 0.717) is 10.9 Å². The fourth-order valence-corrected chi connectivity index (χ4v) is 2.81. The summed E-state index contributed by atoms with van der Waals surface area (Å²) in [6.07, 6.45) is 1.72. The first kappa shape index (κ1) is 16.6. The SMILES string of the molecule is CCCNC(C)CC(C)(C)c1c(F)ccc(Br)c1F. The molecule has 0 aliphatic heterocycles. The average molecular weight is 334 g/mol. The summed E-state index contributed by atoms with van der Waals surface area (Å²) >= 11 is 3.12. The number of hydrogen-bond acceptors (Lipinski definition) is 1. The van der Waals surface area contributed by atoms with Crippen LogP contribution >= 0.6 is 15.9 Å². The maximum Gasteiger partial charge on any atom is 0.144 e. The molecule has 0 saturated heterocycles. The van der Waals surface area contributed by atoms with E-state index in [2.05, 4.69) is 28.2 Å². The van der Waals surface area contributed by atoms with E-state index in [1.165, 1.54) is 12.1 Å². The van der Waals surface area contributed by atoms with Gasteiger partial charge >= 0.3 is 0 Å². The van der Waals surface area contributed by atoms with Crippen molar-refractivity contribution in [3.05, 3.63) is 33.8 Å². The van der Waals surface area contributed by atoms with E-state index in [9.17, 15) is 8.78 Å². The van der Waals surface area contributed by atoms with E-state index >= 15 is 0 Å². The van der Waals surface area contributed by atoms with Crippen molar-refractivity contribution in [3.63, 3.8) is 0 Å². The number of nitrogens with one attached hydrogen (secondary N) is 1. The van der Waals surface area contributed by atoms with E-state index < -0.39 is 17.0 Å². The zero-order chi connectivity index (χ0) is 14.6. The standard InChI is InChI=1S/C15H22BrF2N/c1-5-8-19-10(2)9-15(3,4)13-12(17)7-6-11(16)14(13)18/h6-7,10,19H,5,8-9H2,1-4H3. The summed E-state index contributed by atoms with van der Waals surface area (Å²) in [7, 11) is 0. The minimum Gasteiger partial charge on any atom is -0.314 e. The van der Waals surface area contributed by atoms with Crippen LogP contribution in [0.25, 0.3) is 0 Å². The lowest BCUT2D eigenvalue weighted by Crippen LogP contribution is -2.34. The van der Waals surface area contributed by atoms with Gasteiger partial charge in [0.1, 0.15) is 11.6 Å². The smallest absolute Gasteiger partial charge is 0.144 e. The van der Waals surface area contributed by atoms with Crippen LogP contribution in [0, 0.1) is 11.6 Å². The molecular formula is C15H22BrF2N. The first-order chi connectivity index (χ1) is 8.79. The Morgan fingerprint density at radius 1 is 1.32 bits per heavy atom. The Labute approximate surface area is 122 Å². The van der Waals surface area contributed by atoms with E-state index in [1.807, 2.05) is 20.8 Å². The van der Waals surface area contributed by atoms with Gasteiger partial charge in [0.15, 0.2) is 0 Å². The van der Waals surface area contributed by atoms with Crippen molar-refractivity contribution in [3.8, 4) is 0 Å². The summed E-state index contributed by atoms with van der Waals surface area (Å²) in [4.78, 5) is 0. The molecule has 0 aromatic heterocycles. The van der Waals surface area contributed by atoms with Crippen LogP contribution in [0.2, 0.25) is 0 Å². The molecule has 1 nitrogen and oxygen atoms in total. The normalized spacial score (nSPS) is 13.6. The van der Waals surface area contributed by atoms with Crippen molar-refractivity contribution in [1.29, 1.82) is 0 Å². The third-order valence-corrected chi connectivity index (χ3v) is 3.89. The Morgan fingerprint density at radius 3 is 2.53 bits per heavy atom. The Hall–Kier alpha value is -0.480. The molecule has 0 bridgehead atoms. The highest BCUT2D eigenvalue weighted by molar-refractivity contribution is 9.10. The van der Waals surface area contributed by atoms with Crippen LogP contribution in [-0.4, -0.2) is 12.6 Å². The lowest BCUT2D eigenvalue weighted by atomic mass is 9.78. The van der Waals surface area contributed by atoms with Crippen molar-refractivity contribution in [1.82, 2.24) is 5.32 Å². The summed E-state index contributed by atoms with van der Waals surface area (Å²) in [5.74, 6) is -0.971. The van der Waals surface area contributed by atoms with Gasteiger partial charge in [-0.15, -0.1) is 0 Å². The molecule has 19 heavy (non-hydrogen) atoms. The van der Waals surface area contributed by atoms with E-state index in [1.54, 1.807) is 0 Å². The second kappa shape index (κ2) is 6.80. The summed E-state index contributed by atoms with van der Waals surface area (Å²) in [5, 5.41) is 3.36. The largest absolute Gasteiger partial charge is 0.314 e. The predicted octanol–water partition coefficient (Wildman–Crippen LogP) is 4.78. The van der Waals surface area contributed by atoms with Crippen LogP contribution in [0.5, 0.6) is 0 Å². The van der Waals surface area contributed by atoms with Crippen LogP contribution in [0.4, 0.5) is 8.78 Å². The summed E-state index contributed by atoms with van der Waals surface area (Å²) in [6.45, 7) is 8.82. The zero-order valence-electron chi connectivity index (χ0n) is 12.0. The number of halogens is 3. The number of benzene rings is 1. The van der Waals surface area contributed by atoms with E-state index in [0.717, 1.165) is 13.0 Å². The molecule has 0 radical (unpaired) electrons. The van der Waals surface area contributed by atoms with E-state index in [4.69, 9.17) is 0 Å². The lowest BCUT2D eigenvalue weighted by Gasteiger charge is -2.30. The number of hydrogen-bond donors (Lipinski definition) is 1. The molecule has 108 valence electrons. The molecule has 1 unspecified atom stereocenters. The summed E-state index contributed by atoms with van der Waals surface area (Å²) < 4.78 is 28.4. The molecule has 0 aliphatic carbocycles.